The maximum absolute atomic E-state index is 11.4. The van der Waals surface area contributed by atoms with Gasteiger partial charge in [0.15, 0.2) is 0 Å². The Morgan fingerprint density at radius 3 is 2.54 bits per heavy atom. The van der Waals surface area contributed by atoms with Crippen molar-refractivity contribution in [2.45, 2.75) is 13.5 Å². The standard InChI is InChI=1S/C18H16BrN3O2/c1-12-17(19)16-14(9-6-10-15(16)22(23)24)18(20-12)21(2)11-13-7-4-3-5-8-13/h3-10H,11H2,1-2H3. The number of aromatic nitrogens is 1. The molecule has 2 aromatic carbocycles. The lowest BCUT2D eigenvalue weighted by atomic mass is 10.1. The average Bonchev–Trinajstić information content (AvgIpc) is 2.58. The number of nitro benzene ring substituents is 1. The van der Waals surface area contributed by atoms with Crippen LogP contribution >= 0.6 is 15.9 Å². The molecule has 1 aromatic heterocycles. The van der Waals surface area contributed by atoms with E-state index in [-0.39, 0.29) is 10.6 Å². The first kappa shape index (κ1) is 16.4. The molecule has 0 radical (unpaired) electrons. The van der Waals surface area contributed by atoms with Crippen LogP contribution in [0, 0.1) is 17.0 Å². The maximum Gasteiger partial charge on any atom is 0.278 e. The Bertz CT molecular complexity index is 913. The molecule has 0 fully saturated rings. The van der Waals surface area contributed by atoms with Gasteiger partial charge in [0.2, 0.25) is 0 Å². The third-order valence-corrected chi connectivity index (χ3v) is 4.89. The zero-order valence-corrected chi connectivity index (χ0v) is 14.9. The van der Waals surface area contributed by atoms with Crippen LogP contribution in [0.2, 0.25) is 0 Å². The molecule has 0 aliphatic heterocycles. The smallest absolute Gasteiger partial charge is 0.278 e. The SMILES string of the molecule is Cc1nc(N(C)Cc2ccccc2)c2cccc([N+](=O)[O-])c2c1Br. The molecular formula is C18H16BrN3O2. The summed E-state index contributed by atoms with van der Waals surface area (Å²) in [6.45, 7) is 2.52. The highest BCUT2D eigenvalue weighted by molar-refractivity contribution is 9.10. The zero-order valence-electron chi connectivity index (χ0n) is 13.4. The first-order valence-corrected chi connectivity index (χ1v) is 8.26. The molecule has 0 unspecified atom stereocenters. The van der Waals surface area contributed by atoms with Crippen molar-refractivity contribution in [2.75, 3.05) is 11.9 Å². The molecule has 24 heavy (non-hydrogen) atoms. The van der Waals surface area contributed by atoms with Gasteiger partial charge in [0.05, 0.1) is 20.5 Å². The first-order valence-electron chi connectivity index (χ1n) is 7.47. The lowest BCUT2D eigenvalue weighted by Crippen LogP contribution is -2.18. The lowest BCUT2D eigenvalue weighted by Gasteiger charge is -2.21. The summed E-state index contributed by atoms with van der Waals surface area (Å²) in [4.78, 5) is 17.7. The van der Waals surface area contributed by atoms with Gasteiger partial charge in [-0.3, -0.25) is 10.1 Å². The minimum Gasteiger partial charge on any atom is -0.355 e. The Balaban J connectivity index is 2.16. The van der Waals surface area contributed by atoms with Crippen LogP contribution in [0.1, 0.15) is 11.3 Å². The number of nitrogens with zero attached hydrogens (tertiary/aromatic N) is 3. The fraction of sp³-hybridized carbons (Fsp3) is 0.167. The summed E-state index contributed by atoms with van der Waals surface area (Å²) in [5.74, 6) is 0.734. The van der Waals surface area contributed by atoms with Crippen molar-refractivity contribution >= 4 is 38.2 Å². The number of nitro groups is 1. The van der Waals surface area contributed by atoms with Crippen LogP contribution in [0.5, 0.6) is 0 Å². The maximum atomic E-state index is 11.4. The van der Waals surface area contributed by atoms with Crippen LogP contribution in [-0.2, 0) is 6.54 Å². The summed E-state index contributed by atoms with van der Waals surface area (Å²) in [7, 11) is 1.95. The van der Waals surface area contributed by atoms with Crippen molar-refractivity contribution < 1.29 is 4.92 Å². The molecule has 0 amide bonds. The first-order chi connectivity index (χ1) is 11.5. The van der Waals surface area contributed by atoms with Crippen LogP contribution in [0.4, 0.5) is 11.5 Å². The van der Waals surface area contributed by atoms with Gasteiger partial charge in [0.25, 0.3) is 5.69 Å². The molecule has 0 saturated carbocycles. The molecule has 0 spiro atoms. The lowest BCUT2D eigenvalue weighted by molar-refractivity contribution is -0.383. The van der Waals surface area contributed by atoms with Crippen LogP contribution in [0.3, 0.4) is 0 Å². The molecule has 3 rings (SSSR count). The quantitative estimate of drug-likeness (QED) is 0.475. The Hall–Kier alpha value is -2.47. The number of non-ortho nitro benzene ring substituents is 1. The minimum absolute atomic E-state index is 0.0826. The number of fused-ring (bicyclic) bond motifs is 1. The van der Waals surface area contributed by atoms with Gasteiger partial charge in [-0.1, -0.05) is 42.5 Å². The van der Waals surface area contributed by atoms with Gasteiger partial charge in [0, 0.05) is 25.0 Å². The largest absolute Gasteiger partial charge is 0.355 e. The summed E-state index contributed by atoms with van der Waals surface area (Å²) in [6.07, 6.45) is 0. The van der Waals surface area contributed by atoms with Crippen molar-refractivity contribution in [3.05, 3.63) is 74.4 Å². The molecular weight excluding hydrogens is 370 g/mol. The van der Waals surface area contributed by atoms with Gasteiger partial charge < -0.3 is 4.90 Å². The number of halogens is 1. The number of pyridine rings is 1. The number of aryl methyl sites for hydroxylation is 1. The van der Waals surface area contributed by atoms with Crippen molar-refractivity contribution in [1.82, 2.24) is 4.98 Å². The average molecular weight is 386 g/mol. The Morgan fingerprint density at radius 1 is 1.17 bits per heavy atom. The van der Waals surface area contributed by atoms with E-state index < -0.39 is 0 Å². The molecule has 6 heteroatoms. The summed E-state index contributed by atoms with van der Waals surface area (Å²) < 4.78 is 0.668. The van der Waals surface area contributed by atoms with E-state index >= 15 is 0 Å². The third kappa shape index (κ3) is 2.97. The predicted molar refractivity (Wildman–Crippen MR) is 99.4 cm³/mol. The van der Waals surface area contributed by atoms with E-state index in [1.165, 1.54) is 6.07 Å². The summed E-state index contributed by atoms with van der Waals surface area (Å²) in [6, 6.07) is 15.1. The fourth-order valence-electron chi connectivity index (χ4n) is 2.78. The Morgan fingerprint density at radius 2 is 1.88 bits per heavy atom. The zero-order chi connectivity index (χ0) is 17.3. The second kappa shape index (κ2) is 6.57. The minimum atomic E-state index is -0.354. The molecule has 0 bridgehead atoms. The third-order valence-electron chi connectivity index (χ3n) is 3.91. The number of hydrogen-bond acceptors (Lipinski definition) is 4. The van der Waals surface area contributed by atoms with E-state index in [9.17, 15) is 10.1 Å². The van der Waals surface area contributed by atoms with Crippen LogP contribution < -0.4 is 4.90 Å². The summed E-state index contributed by atoms with van der Waals surface area (Å²) >= 11 is 3.46. The van der Waals surface area contributed by atoms with E-state index in [2.05, 4.69) is 20.9 Å². The Kier molecular flexibility index (Phi) is 4.49. The van der Waals surface area contributed by atoms with Gasteiger partial charge in [-0.15, -0.1) is 0 Å². The molecule has 122 valence electrons. The van der Waals surface area contributed by atoms with E-state index in [0.717, 1.165) is 22.5 Å². The van der Waals surface area contributed by atoms with Crippen LogP contribution in [0.15, 0.2) is 53.0 Å². The number of hydrogen-bond donors (Lipinski definition) is 0. The van der Waals surface area contributed by atoms with Crippen LogP contribution in [0.25, 0.3) is 10.8 Å². The summed E-state index contributed by atoms with van der Waals surface area (Å²) in [5, 5.41) is 12.8. The summed E-state index contributed by atoms with van der Waals surface area (Å²) in [5.41, 5.74) is 1.96. The molecule has 3 aromatic rings. The van der Waals surface area contributed by atoms with Crippen LogP contribution in [-0.4, -0.2) is 17.0 Å². The molecule has 0 aliphatic rings. The predicted octanol–water partition coefficient (Wildman–Crippen LogP) is 4.85. The van der Waals surface area contributed by atoms with E-state index in [4.69, 9.17) is 0 Å². The molecule has 0 aliphatic carbocycles. The van der Waals surface area contributed by atoms with Crippen molar-refractivity contribution in [2.24, 2.45) is 0 Å². The molecule has 1 heterocycles. The second-order valence-corrected chi connectivity index (χ2v) is 6.43. The van der Waals surface area contributed by atoms with E-state index in [1.807, 2.05) is 55.3 Å². The highest BCUT2D eigenvalue weighted by Crippen LogP contribution is 2.38. The highest BCUT2D eigenvalue weighted by Gasteiger charge is 2.20. The molecule has 0 N–H and O–H groups in total. The van der Waals surface area contributed by atoms with Gasteiger partial charge in [0.1, 0.15) is 5.82 Å². The van der Waals surface area contributed by atoms with Gasteiger partial charge in [-0.25, -0.2) is 4.98 Å². The number of rotatable bonds is 4. The fourth-order valence-corrected chi connectivity index (χ4v) is 3.29. The van der Waals surface area contributed by atoms with Gasteiger partial charge >= 0.3 is 0 Å². The highest BCUT2D eigenvalue weighted by atomic mass is 79.9. The normalized spacial score (nSPS) is 10.8. The topological polar surface area (TPSA) is 59.3 Å². The molecule has 0 atom stereocenters. The van der Waals surface area contributed by atoms with E-state index in [1.54, 1.807) is 6.07 Å². The molecule has 5 nitrogen and oxygen atoms in total. The van der Waals surface area contributed by atoms with Crippen molar-refractivity contribution in [3.8, 4) is 0 Å². The van der Waals surface area contributed by atoms with Crippen molar-refractivity contribution in [3.63, 3.8) is 0 Å². The number of anilines is 1. The monoisotopic (exact) mass is 385 g/mol. The van der Waals surface area contributed by atoms with Gasteiger partial charge in [-0.2, -0.15) is 0 Å². The van der Waals surface area contributed by atoms with Gasteiger partial charge in [-0.05, 0) is 28.4 Å². The number of benzene rings is 2. The Labute approximate surface area is 148 Å². The van der Waals surface area contributed by atoms with E-state index in [0.29, 0.717) is 16.4 Å². The molecule has 0 saturated heterocycles. The van der Waals surface area contributed by atoms with Crippen molar-refractivity contribution in [1.29, 1.82) is 0 Å². The second-order valence-electron chi connectivity index (χ2n) is 5.63.